The van der Waals surface area contributed by atoms with Crippen LogP contribution in [0.5, 0.6) is 0 Å². The number of amides is 1. The molecule has 1 aliphatic rings. The Balaban J connectivity index is 1.83. The van der Waals surface area contributed by atoms with Crippen LogP contribution in [0.1, 0.15) is 37.3 Å². The smallest absolute Gasteiger partial charge is 0.239 e. The highest BCUT2D eigenvalue weighted by Gasteiger charge is 2.21. The van der Waals surface area contributed by atoms with Crippen LogP contribution in [0.3, 0.4) is 0 Å². The maximum Gasteiger partial charge on any atom is 0.239 e. The number of pyridine rings is 1. The van der Waals surface area contributed by atoms with Crippen molar-refractivity contribution in [1.29, 1.82) is 0 Å². The molecule has 1 saturated heterocycles. The highest BCUT2D eigenvalue weighted by Crippen LogP contribution is 2.10. The molecule has 1 amide bonds. The van der Waals surface area contributed by atoms with E-state index >= 15 is 0 Å². The molecule has 0 spiro atoms. The van der Waals surface area contributed by atoms with Crippen LogP contribution in [0.15, 0.2) is 18.5 Å². The van der Waals surface area contributed by atoms with Crippen LogP contribution < -0.4 is 5.32 Å². The second-order valence-corrected chi connectivity index (χ2v) is 5.36. The van der Waals surface area contributed by atoms with E-state index in [2.05, 4.69) is 16.4 Å². The predicted octanol–water partition coefficient (Wildman–Crippen LogP) is 1.88. The Labute approximate surface area is 115 Å². The van der Waals surface area contributed by atoms with E-state index in [-0.39, 0.29) is 11.9 Å². The Bertz CT molecular complexity index is 427. The molecule has 1 aliphatic heterocycles. The van der Waals surface area contributed by atoms with Gasteiger partial charge in [-0.1, -0.05) is 6.07 Å². The summed E-state index contributed by atoms with van der Waals surface area (Å²) in [7, 11) is 0. The van der Waals surface area contributed by atoms with Gasteiger partial charge in [-0.15, -0.1) is 0 Å². The lowest BCUT2D eigenvalue weighted by molar-refractivity contribution is -0.133. The molecule has 4 heteroatoms. The van der Waals surface area contributed by atoms with Crippen molar-refractivity contribution in [3.05, 3.63) is 29.6 Å². The third-order valence-electron chi connectivity index (χ3n) is 3.58. The number of carbonyl (C=O) groups is 1. The largest absolute Gasteiger partial charge is 0.341 e. The molecule has 19 heavy (non-hydrogen) atoms. The molecule has 0 saturated carbocycles. The number of rotatable bonds is 4. The third kappa shape index (κ3) is 4.03. The number of hydrogen-bond acceptors (Lipinski definition) is 3. The van der Waals surface area contributed by atoms with E-state index in [1.807, 2.05) is 31.1 Å². The van der Waals surface area contributed by atoms with Gasteiger partial charge in [0, 0.05) is 32.0 Å². The van der Waals surface area contributed by atoms with Gasteiger partial charge in [-0.2, -0.15) is 0 Å². The summed E-state index contributed by atoms with van der Waals surface area (Å²) in [6.07, 6.45) is 7.21. The summed E-state index contributed by atoms with van der Waals surface area (Å²) in [4.78, 5) is 18.4. The minimum Gasteiger partial charge on any atom is -0.341 e. The van der Waals surface area contributed by atoms with E-state index in [1.54, 1.807) is 0 Å². The van der Waals surface area contributed by atoms with Gasteiger partial charge in [-0.05, 0) is 44.2 Å². The van der Waals surface area contributed by atoms with Crippen molar-refractivity contribution in [2.75, 3.05) is 13.1 Å². The summed E-state index contributed by atoms with van der Waals surface area (Å²) in [5.74, 6) is 0.223. The number of carbonyl (C=O) groups excluding carboxylic acids is 1. The van der Waals surface area contributed by atoms with Gasteiger partial charge in [-0.25, -0.2) is 0 Å². The maximum atomic E-state index is 12.2. The molecule has 0 aliphatic carbocycles. The average molecular weight is 261 g/mol. The lowest BCUT2D eigenvalue weighted by Crippen LogP contribution is -2.46. The van der Waals surface area contributed by atoms with Crippen molar-refractivity contribution in [3.8, 4) is 0 Å². The van der Waals surface area contributed by atoms with Crippen molar-refractivity contribution in [3.63, 3.8) is 0 Å². The normalized spacial score (nSPS) is 17.3. The zero-order valence-corrected chi connectivity index (χ0v) is 11.9. The van der Waals surface area contributed by atoms with E-state index in [9.17, 15) is 4.79 Å². The fourth-order valence-corrected chi connectivity index (χ4v) is 2.46. The molecule has 1 atom stereocenters. The Morgan fingerprint density at radius 1 is 1.37 bits per heavy atom. The van der Waals surface area contributed by atoms with Crippen LogP contribution in [0.2, 0.25) is 0 Å². The van der Waals surface area contributed by atoms with Gasteiger partial charge < -0.3 is 10.2 Å². The van der Waals surface area contributed by atoms with Gasteiger partial charge in [-0.3, -0.25) is 9.78 Å². The van der Waals surface area contributed by atoms with Gasteiger partial charge in [0.25, 0.3) is 0 Å². The predicted molar refractivity (Wildman–Crippen MR) is 75.7 cm³/mol. The Hall–Kier alpha value is -1.42. The van der Waals surface area contributed by atoms with Crippen molar-refractivity contribution >= 4 is 5.91 Å². The second kappa shape index (κ2) is 6.66. The second-order valence-electron chi connectivity index (χ2n) is 5.36. The van der Waals surface area contributed by atoms with E-state index < -0.39 is 0 Å². The summed E-state index contributed by atoms with van der Waals surface area (Å²) >= 11 is 0. The topological polar surface area (TPSA) is 45.2 Å². The van der Waals surface area contributed by atoms with Crippen LogP contribution in [0.25, 0.3) is 0 Å². The number of hydrogen-bond donors (Lipinski definition) is 1. The molecule has 1 aromatic rings. The quantitative estimate of drug-likeness (QED) is 0.900. The molecule has 1 N–H and O–H groups in total. The van der Waals surface area contributed by atoms with Gasteiger partial charge in [0.2, 0.25) is 5.91 Å². The maximum absolute atomic E-state index is 12.2. The zero-order chi connectivity index (χ0) is 13.7. The molecule has 1 aromatic heterocycles. The van der Waals surface area contributed by atoms with Gasteiger partial charge in [0.05, 0.1) is 6.04 Å². The Morgan fingerprint density at radius 2 is 2.11 bits per heavy atom. The van der Waals surface area contributed by atoms with E-state index in [0.717, 1.165) is 37.1 Å². The van der Waals surface area contributed by atoms with Gasteiger partial charge >= 0.3 is 0 Å². The Morgan fingerprint density at radius 3 is 2.79 bits per heavy atom. The molecule has 0 aromatic carbocycles. The van der Waals surface area contributed by atoms with Crippen molar-refractivity contribution in [2.45, 2.75) is 45.7 Å². The third-order valence-corrected chi connectivity index (χ3v) is 3.58. The molecule has 0 bridgehead atoms. The molecular weight excluding hydrogens is 238 g/mol. The molecule has 2 heterocycles. The number of piperidine rings is 1. The van der Waals surface area contributed by atoms with Crippen molar-refractivity contribution < 1.29 is 4.79 Å². The van der Waals surface area contributed by atoms with Gasteiger partial charge in [0.15, 0.2) is 0 Å². The summed E-state index contributed by atoms with van der Waals surface area (Å²) in [6, 6.07) is 1.97. The fraction of sp³-hybridized carbons (Fsp3) is 0.600. The first-order valence-corrected chi connectivity index (χ1v) is 7.09. The zero-order valence-electron chi connectivity index (χ0n) is 11.9. The minimum atomic E-state index is -0.126. The minimum absolute atomic E-state index is 0.126. The molecule has 104 valence electrons. The standard InChI is InChI=1S/C15H23N3O/c1-12-8-14(10-16-9-12)11-17-13(2)15(19)18-6-4-3-5-7-18/h8-10,13,17H,3-7,11H2,1-2H3. The first-order chi connectivity index (χ1) is 9.16. The molecular formula is C15H23N3O. The van der Waals surface area contributed by atoms with Crippen LogP contribution in [0.4, 0.5) is 0 Å². The summed E-state index contributed by atoms with van der Waals surface area (Å²) in [6.45, 7) is 6.49. The first kappa shape index (κ1) is 14.0. The molecule has 4 nitrogen and oxygen atoms in total. The SMILES string of the molecule is Cc1cncc(CNC(C)C(=O)N2CCCCC2)c1. The molecule has 1 fully saturated rings. The highest BCUT2D eigenvalue weighted by atomic mass is 16.2. The summed E-state index contributed by atoms with van der Waals surface area (Å²) in [5, 5.41) is 3.29. The monoisotopic (exact) mass is 261 g/mol. The number of likely N-dealkylation sites (tertiary alicyclic amines) is 1. The lowest BCUT2D eigenvalue weighted by atomic mass is 10.1. The van der Waals surface area contributed by atoms with Crippen LogP contribution >= 0.6 is 0 Å². The van der Waals surface area contributed by atoms with E-state index in [0.29, 0.717) is 6.54 Å². The summed E-state index contributed by atoms with van der Waals surface area (Å²) < 4.78 is 0. The van der Waals surface area contributed by atoms with Crippen LogP contribution in [0, 0.1) is 6.92 Å². The fourth-order valence-electron chi connectivity index (χ4n) is 2.46. The van der Waals surface area contributed by atoms with Crippen LogP contribution in [-0.4, -0.2) is 34.9 Å². The average Bonchev–Trinajstić information content (AvgIpc) is 2.45. The molecule has 0 radical (unpaired) electrons. The highest BCUT2D eigenvalue weighted by molar-refractivity contribution is 5.81. The number of aromatic nitrogens is 1. The number of nitrogens with one attached hydrogen (secondary N) is 1. The number of aryl methyl sites for hydroxylation is 1. The first-order valence-electron chi connectivity index (χ1n) is 7.09. The van der Waals surface area contributed by atoms with Crippen molar-refractivity contribution in [1.82, 2.24) is 15.2 Å². The Kier molecular flexibility index (Phi) is 4.91. The van der Waals surface area contributed by atoms with E-state index in [4.69, 9.17) is 0 Å². The van der Waals surface area contributed by atoms with Crippen molar-refractivity contribution in [2.24, 2.45) is 0 Å². The number of nitrogens with zero attached hydrogens (tertiary/aromatic N) is 2. The van der Waals surface area contributed by atoms with E-state index in [1.165, 1.54) is 6.42 Å². The van der Waals surface area contributed by atoms with Crippen LogP contribution in [-0.2, 0) is 11.3 Å². The summed E-state index contributed by atoms with van der Waals surface area (Å²) in [5.41, 5.74) is 2.27. The van der Waals surface area contributed by atoms with Gasteiger partial charge in [0.1, 0.15) is 0 Å². The lowest BCUT2D eigenvalue weighted by Gasteiger charge is -2.29. The molecule has 1 unspecified atom stereocenters. The molecule has 2 rings (SSSR count).